The van der Waals surface area contributed by atoms with E-state index in [1.54, 1.807) is 12.1 Å². The van der Waals surface area contributed by atoms with Gasteiger partial charge in [-0.25, -0.2) is 8.42 Å². The fourth-order valence-corrected chi connectivity index (χ4v) is 5.84. The summed E-state index contributed by atoms with van der Waals surface area (Å²) in [5, 5.41) is 3.31. The minimum atomic E-state index is -3.90. The van der Waals surface area contributed by atoms with E-state index in [0.717, 1.165) is 47.4 Å². The van der Waals surface area contributed by atoms with Crippen molar-refractivity contribution in [1.82, 2.24) is 10.2 Å². The smallest absolute Gasteiger partial charge is 0.244 e. The monoisotopic (exact) mass is 553 g/mol. The number of hydrogen-bond acceptors (Lipinski definition) is 4. The van der Waals surface area contributed by atoms with Gasteiger partial charge in [0.15, 0.2) is 0 Å². The molecule has 196 valence electrons. The van der Waals surface area contributed by atoms with Crippen LogP contribution < -0.4 is 9.62 Å². The third kappa shape index (κ3) is 6.93. The van der Waals surface area contributed by atoms with Gasteiger partial charge >= 0.3 is 0 Å². The molecule has 10 heteroatoms. The fourth-order valence-electron chi connectivity index (χ4n) is 4.54. The van der Waals surface area contributed by atoms with Crippen LogP contribution in [0, 0.1) is 6.92 Å². The van der Waals surface area contributed by atoms with Crippen molar-refractivity contribution in [3.63, 3.8) is 0 Å². The number of sulfonamides is 1. The first-order valence-electron chi connectivity index (χ1n) is 12.1. The van der Waals surface area contributed by atoms with E-state index in [0.29, 0.717) is 6.42 Å². The van der Waals surface area contributed by atoms with Gasteiger partial charge in [0.05, 0.1) is 22.0 Å². The normalized spacial score (nSPS) is 14.9. The molecule has 1 atom stereocenters. The molecule has 2 amide bonds. The van der Waals surface area contributed by atoms with Crippen molar-refractivity contribution < 1.29 is 18.0 Å². The summed E-state index contributed by atoms with van der Waals surface area (Å²) in [5.74, 6) is -0.730. The van der Waals surface area contributed by atoms with Gasteiger partial charge < -0.3 is 10.2 Å². The zero-order chi connectivity index (χ0) is 26.5. The quantitative estimate of drug-likeness (QED) is 0.451. The van der Waals surface area contributed by atoms with Gasteiger partial charge in [0.1, 0.15) is 12.6 Å². The first kappa shape index (κ1) is 28.3. The third-order valence-electron chi connectivity index (χ3n) is 6.57. The molecule has 3 rings (SSSR count). The number of hydrogen-bond donors (Lipinski definition) is 1. The van der Waals surface area contributed by atoms with Crippen LogP contribution in [0.1, 0.15) is 50.2 Å². The number of nitrogens with one attached hydrogen (secondary N) is 1. The van der Waals surface area contributed by atoms with Crippen molar-refractivity contribution in [3.05, 3.63) is 63.6 Å². The molecule has 0 aromatic heterocycles. The van der Waals surface area contributed by atoms with Gasteiger partial charge in [-0.2, -0.15) is 0 Å². The van der Waals surface area contributed by atoms with Crippen LogP contribution in [0.25, 0.3) is 0 Å². The maximum absolute atomic E-state index is 13.8. The van der Waals surface area contributed by atoms with E-state index in [9.17, 15) is 18.0 Å². The van der Waals surface area contributed by atoms with Gasteiger partial charge in [0.25, 0.3) is 0 Å². The zero-order valence-electron chi connectivity index (χ0n) is 20.8. The molecule has 2 aromatic carbocycles. The summed E-state index contributed by atoms with van der Waals surface area (Å²) in [7, 11) is -3.90. The van der Waals surface area contributed by atoms with E-state index in [2.05, 4.69) is 5.32 Å². The highest BCUT2D eigenvalue weighted by Crippen LogP contribution is 2.34. The second kappa shape index (κ2) is 12.3. The average molecular weight is 555 g/mol. The predicted molar refractivity (Wildman–Crippen MR) is 145 cm³/mol. The van der Waals surface area contributed by atoms with Crippen LogP contribution in [0.2, 0.25) is 10.0 Å². The summed E-state index contributed by atoms with van der Waals surface area (Å²) in [4.78, 5) is 28.6. The van der Waals surface area contributed by atoms with Crippen LogP contribution in [0.15, 0.2) is 42.5 Å². The number of carbonyl (C=O) groups excluding carboxylic acids is 2. The van der Waals surface area contributed by atoms with E-state index in [4.69, 9.17) is 23.2 Å². The van der Waals surface area contributed by atoms with Crippen LogP contribution in [0.4, 0.5) is 5.69 Å². The van der Waals surface area contributed by atoms with E-state index in [1.165, 1.54) is 11.0 Å². The van der Waals surface area contributed by atoms with Gasteiger partial charge in [-0.15, -0.1) is 0 Å². The van der Waals surface area contributed by atoms with Crippen LogP contribution in [-0.4, -0.2) is 50.0 Å². The second-order valence-corrected chi connectivity index (χ2v) is 11.9. The van der Waals surface area contributed by atoms with Crippen molar-refractivity contribution in [2.75, 3.05) is 17.1 Å². The highest BCUT2D eigenvalue weighted by atomic mass is 35.5. The average Bonchev–Trinajstić information content (AvgIpc) is 3.33. The predicted octanol–water partition coefficient (Wildman–Crippen LogP) is 4.93. The molecule has 1 N–H and O–H groups in total. The van der Waals surface area contributed by atoms with Gasteiger partial charge in [0, 0.05) is 12.6 Å². The Balaban J connectivity index is 1.96. The molecule has 1 fully saturated rings. The number of anilines is 1. The number of aryl methyl sites for hydroxylation is 1. The second-order valence-electron chi connectivity index (χ2n) is 9.20. The Kier molecular flexibility index (Phi) is 9.66. The summed E-state index contributed by atoms with van der Waals surface area (Å²) in [5.41, 5.74) is 1.96. The van der Waals surface area contributed by atoms with E-state index >= 15 is 0 Å². The minimum Gasteiger partial charge on any atom is -0.352 e. The Morgan fingerprint density at radius 3 is 2.36 bits per heavy atom. The van der Waals surface area contributed by atoms with Gasteiger partial charge in [-0.3, -0.25) is 13.9 Å². The Bertz CT molecular complexity index is 1200. The molecular weight excluding hydrogens is 521 g/mol. The van der Waals surface area contributed by atoms with Gasteiger partial charge in [-0.05, 0) is 49.4 Å². The number of amides is 2. The van der Waals surface area contributed by atoms with Crippen LogP contribution in [0.3, 0.4) is 0 Å². The Morgan fingerprint density at radius 1 is 1.08 bits per heavy atom. The minimum absolute atomic E-state index is 0.0360. The lowest BCUT2D eigenvalue weighted by Crippen LogP contribution is -2.53. The van der Waals surface area contributed by atoms with E-state index < -0.39 is 28.5 Å². The lowest BCUT2D eigenvalue weighted by atomic mass is 10.1. The van der Waals surface area contributed by atoms with E-state index in [-0.39, 0.29) is 34.2 Å². The van der Waals surface area contributed by atoms with Gasteiger partial charge in [-0.1, -0.05) is 73.3 Å². The summed E-state index contributed by atoms with van der Waals surface area (Å²) in [6.45, 7) is 3.44. The molecule has 36 heavy (non-hydrogen) atoms. The molecule has 0 unspecified atom stereocenters. The Labute approximate surface area is 223 Å². The summed E-state index contributed by atoms with van der Waals surface area (Å²) >= 11 is 12.4. The maximum Gasteiger partial charge on any atom is 0.244 e. The summed E-state index contributed by atoms with van der Waals surface area (Å²) in [6.07, 6.45) is 5.36. The first-order valence-corrected chi connectivity index (χ1v) is 14.7. The molecule has 1 aliphatic carbocycles. The summed E-state index contributed by atoms with van der Waals surface area (Å²) < 4.78 is 26.4. The maximum atomic E-state index is 13.8. The first-order chi connectivity index (χ1) is 17.0. The molecule has 0 heterocycles. The molecule has 1 aliphatic rings. The third-order valence-corrected chi connectivity index (χ3v) is 8.50. The van der Waals surface area contributed by atoms with E-state index in [1.807, 2.05) is 38.1 Å². The molecule has 1 saturated carbocycles. The molecule has 0 spiro atoms. The largest absolute Gasteiger partial charge is 0.352 e. The fraction of sp³-hybridized carbons (Fsp3) is 0.462. The van der Waals surface area contributed by atoms with Crippen LogP contribution in [-0.2, 0) is 26.2 Å². The Morgan fingerprint density at radius 2 is 1.75 bits per heavy atom. The summed E-state index contributed by atoms with van der Waals surface area (Å²) in [6, 6.07) is 11.6. The van der Waals surface area contributed by atoms with Crippen LogP contribution >= 0.6 is 23.2 Å². The molecule has 0 bridgehead atoms. The number of carbonyl (C=O) groups is 2. The number of rotatable bonds is 10. The lowest BCUT2D eigenvalue weighted by Gasteiger charge is -2.34. The molecule has 2 aromatic rings. The van der Waals surface area contributed by atoms with Crippen molar-refractivity contribution in [2.24, 2.45) is 0 Å². The SMILES string of the molecule is CC[C@H](C(=O)NC1CCCC1)N(Cc1ccccc1C)C(=O)CN(c1cccc(Cl)c1Cl)S(C)(=O)=O. The molecular formula is C26H33Cl2N3O4S. The Hall–Kier alpha value is -2.29. The van der Waals surface area contributed by atoms with Crippen molar-refractivity contribution in [1.29, 1.82) is 0 Å². The van der Waals surface area contributed by atoms with Crippen LogP contribution in [0.5, 0.6) is 0 Å². The van der Waals surface area contributed by atoms with Crippen molar-refractivity contribution >= 4 is 50.7 Å². The van der Waals surface area contributed by atoms with Crippen molar-refractivity contribution in [3.8, 4) is 0 Å². The number of halogens is 2. The molecule has 0 radical (unpaired) electrons. The zero-order valence-corrected chi connectivity index (χ0v) is 23.2. The highest BCUT2D eigenvalue weighted by Gasteiger charge is 2.33. The number of benzene rings is 2. The molecule has 7 nitrogen and oxygen atoms in total. The topological polar surface area (TPSA) is 86.8 Å². The lowest BCUT2D eigenvalue weighted by molar-refractivity contribution is -0.140. The molecule has 0 aliphatic heterocycles. The van der Waals surface area contributed by atoms with Crippen molar-refractivity contribution in [2.45, 2.75) is 64.6 Å². The number of nitrogens with zero attached hydrogens (tertiary/aromatic N) is 2. The molecule has 0 saturated heterocycles. The van der Waals surface area contributed by atoms with Gasteiger partial charge in [0.2, 0.25) is 21.8 Å². The standard InChI is InChI=1S/C26H33Cl2N3O4S/c1-4-22(26(33)29-20-12-7-8-13-20)30(16-19-11-6-5-10-18(19)2)24(32)17-31(36(3,34)35)23-15-9-14-21(27)25(23)28/h5-6,9-11,14-15,20,22H,4,7-8,12-13,16-17H2,1-3H3,(H,29,33)/t22-/m1/s1. The highest BCUT2D eigenvalue weighted by molar-refractivity contribution is 7.92.